The minimum atomic E-state index is 0.699. The first-order chi connectivity index (χ1) is 9.18. The van der Waals surface area contributed by atoms with Crippen LogP contribution in [0.4, 0.5) is 0 Å². The smallest absolute Gasteiger partial charge is 0.0465 e. The van der Waals surface area contributed by atoms with Gasteiger partial charge in [-0.1, -0.05) is 53.5 Å². The average Bonchev–Trinajstić information content (AvgIpc) is 2.39. The van der Waals surface area contributed by atoms with Crippen molar-refractivity contribution in [3.8, 4) is 0 Å². The lowest BCUT2D eigenvalue weighted by atomic mass is 10.1. The van der Waals surface area contributed by atoms with E-state index in [1.165, 1.54) is 11.1 Å². The molecule has 0 aliphatic heterocycles. The van der Waals surface area contributed by atoms with Gasteiger partial charge in [-0.25, -0.2) is 0 Å². The van der Waals surface area contributed by atoms with Crippen LogP contribution in [0.1, 0.15) is 16.7 Å². The molecule has 0 aliphatic carbocycles. The molecule has 0 spiro atoms. The topological polar surface area (TPSA) is 12.0 Å². The van der Waals surface area contributed by atoms with Crippen LogP contribution in [0.25, 0.3) is 0 Å². The van der Waals surface area contributed by atoms with Crippen LogP contribution in [0.15, 0.2) is 42.5 Å². The monoisotopic (exact) mass is 293 g/mol. The minimum Gasteiger partial charge on any atom is -0.312 e. The van der Waals surface area contributed by atoms with Gasteiger partial charge in [-0.05, 0) is 43.1 Å². The number of rotatable bonds is 5. The third-order valence-electron chi connectivity index (χ3n) is 3.20. The molecule has 2 aromatic rings. The highest BCUT2D eigenvalue weighted by molar-refractivity contribution is 6.35. The summed E-state index contributed by atoms with van der Waals surface area (Å²) in [4.78, 5) is 0. The molecule has 0 aliphatic rings. The molecular weight excluding hydrogens is 277 g/mol. The van der Waals surface area contributed by atoms with Gasteiger partial charge in [0.25, 0.3) is 0 Å². The van der Waals surface area contributed by atoms with E-state index in [4.69, 9.17) is 23.2 Å². The van der Waals surface area contributed by atoms with E-state index in [0.717, 1.165) is 28.6 Å². The normalized spacial score (nSPS) is 10.7. The number of hydrogen-bond donors (Lipinski definition) is 1. The second-order valence-electron chi connectivity index (χ2n) is 4.55. The van der Waals surface area contributed by atoms with Crippen molar-refractivity contribution in [2.75, 3.05) is 6.54 Å². The van der Waals surface area contributed by atoms with Crippen LogP contribution in [0, 0.1) is 6.92 Å². The van der Waals surface area contributed by atoms with E-state index >= 15 is 0 Å². The molecule has 1 N–H and O–H groups in total. The van der Waals surface area contributed by atoms with Crippen LogP contribution in [0.5, 0.6) is 0 Å². The summed E-state index contributed by atoms with van der Waals surface area (Å²) in [6.45, 7) is 3.75. The maximum atomic E-state index is 6.13. The lowest BCUT2D eigenvalue weighted by Gasteiger charge is -2.09. The Hall–Kier alpha value is -1.02. The van der Waals surface area contributed by atoms with E-state index in [2.05, 4.69) is 36.5 Å². The van der Waals surface area contributed by atoms with Crippen LogP contribution in [0.3, 0.4) is 0 Å². The Kier molecular flexibility index (Phi) is 5.26. The van der Waals surface area contributed by atoms with E-state index in [1.54, 1.807) is 0 Å². The first-order valence-electron chi connectivity index (χ1n) is 6.36. The molecule has 0 saturated heterocycles. The second-order valence-corrected chi connectivity index (χ2v) is 5.37. The van der Waals surface area contributed by atoms with Crippen LogP contribution in [-0.2, 0) is 13.0 Å². The molecule has 1 nitrogen and oxygen atoms in total. The zero-order chi connectivity index (χ0) is 13.7. The summed E-state index contributed by atoms with van der Waals surface area (Å²) in [5, 5.41) is 4.83. The quantitative estimate of drug-likeness (QED) is 0.792. The number of hydrogen-bond acceptors (Lipinski definition) is 1. The molecule has 19 heavy (non-hydrogen) atoms. The summed E-state index contributed by atoms with van der Waals surface area (Å²) >= 11 is 12.3. The highest BCUT2D eigenvalue weighted by Gasteiger charge is 2.04. The molecule has 0 heterocycles. The molecule has 2 rings (SSSR count). The van der Waals surface area contributed by atoms with E-state index in [9.17, 15) is 0 Å². The molecule has 0 unspecified atom stereocenters. The van der Waals surface area contributed by atoms with E-state index < -0.39 is 0 Å². The van der Waals surface area contributed by atoms with Crippen LogP contribution in [-0.4, -0.2) is 6.54 Å². The molecule has 0 radical (unpaired) electrons. The zero-order valence-electron chi connectivity index (χ0n) is 10.9. The van der Waals surface area contributed by atoms with Crippen molar-refractivity contribution in [2.45, 2.75) is 19.9 Å². The maximum absolute atomic E-state index is 6.13. The summed E-state index contributed by atoms with van der Waals surface area (Å²) < 4.78 is 0. The van der Waals surface area contributed by atoms with Gasteiger partial charge in [0.05, 0.1) is 0 Å². The van der Waals surface area contributed by atoms with Crippen molar-refractivity contribution in [3.05, 3.63) is 69.2 Å². The number of aryl methyl sites for hydroxylation is 1. The van der Waals surface area contributed by atoms with E-state index in [-0.39, 0.29) is 0 Å². The van der Waals surface area contributed by atoms with Crippen molar-refractivity contribution < 1.29 is 0 Å². The van der Waals surface area contributed by atoms with Crippen molar-refractivity contribution >= 4 is 23.2 Å². The fourth-order valence-corrected chi connectivity index (χ4v) is 2.56. The van der Waals surface area contributed by atoms with Crippen molar-refractivity contribution in [1.82, 2.24) is 5.32 Å². The van der Waals surface area contributed by atoms with Gasteiger partial charge in [0.2, 0.25) is 0 Å². The Balaban J connectivity index is 1.86. The van der Waals surface area contributed by atoms with Gasteiger partial charge in [-0.3, -0.25) is 0 Å². The van der Waals surface area contributed by atoms with Gasteiger partial charge in [0.1, 0.15) is 0 Å². The summed E-state index contributed by atoms with van der Waals surface area (Å²) in [7, 11) is 0. The molecular formula is C16H17Cl2N. The molecule has 0 amide bonds. The lowest BCUT2D eigenvalue weighted by molar-refractivity contribution is 0.686. The lowest BCUT2D eigenvalue weighted by Crippen LogP contribution is -2.17. The maximum Gasteiger partial charge on any atom is 0.0465 e. The molecule has 0 bridgehead atoms. The Morgan fingerprint density at radius 3 is 2.32 bits per heavy atom. The molecule has 0 saturated carbocycles. The molecule has 2 aromatic carbocycles. The van der Waals surface area contributed by atoms with Gasteiger partial charge in [-0.15, -0.1) is 0 Å². The van der Waals surface area contributed by atoms with Gasteiger partial charge in [0, 0.05) is 22.2 Å². The summed E-state index contributed by atoms with van der Waals surface area (Å²) in [5.74, 6) is 0. The largest absolute Gasteiger partial charge is 0.312 e. The molecule has 0 aromatic heterocycles. The van der Waals surface area contributed by atoms with Crippen molar-refractivity contribution in [3.63, 3.8) is 0 Å². The molecule has 0 fully saturated rings. The van der Waals surface area contributed by atoms with Crippen molar-refractivity contribution in [2.24, 2.45) is 0 Å². The number of nitrogens with one attached hydrogen (secondary N) is 1. The van der Waals surface area contributed by atoms with E-state index in [1.807, 2.05) is 18.2 Å². The van der Waals surface area contributed by atoms with Crippen LogP contribution in [0.2, 0.25) is 10.0 Å². The first-order valence-corrected chi connectivity index (χ1v) is 7.12. The highest BCUT2D eigenvalue weighted by atomic mass is 35.5. The summed E-state index contributed by atoms with van der Waals surface area (Å²) in [6.07, 6.45) is 1.01. The SMILES string of the molecule is Cc1ccccc1CCNCc1c(Cl)cccc1Cl. The predicted molar refractivity (Wildman–Crippen MR) is 83.1 cm³/mol. The Bertz CT molecular complexity index is 532. The molecule has 100 valence electrons. The fourth-order valence-electron chi connectivity index (χ4n) is 2.03. The first kappa shape index (κ1) is 14.4. The Morgan fingerprint density at radius 1 is 0.947 bits per heavy atom. The number of halogens is 2. The second kappa shape index (κ2) is 6.95. The zero-order valence-corrected chi connectivity index (χ0v) is 12.4. The minimum absolute atomic E-state index is 0.699. The third-order valence-corrected chi connectivity index (χ3v) is 3.90. The molecule has 0 atom stereocenters. The standard InChI is InChI=1S/C16H17Cl2N/c1-12-5-2-3-6-13(12)9-10-19-11-14-15(17)7-4-8-16(14)18/h2-8,19H,9-11H2,1H3. The van der Waals surface area contributed by atoms with Gasteiger partial charge in [-0.2, -0.15) is 0 Å². The van der Waals surface area contributed by atoms with Crippen molar-refractivity contribution in [1.29, 1.82) is 0 Å². The van der Waals surface area contributed by atoms with Gasteiger partial charge < -0.3 is 5.32 Å². The summed E-state index contributed by atoms with van der Waals surface area (Å²) in [6, 6.07) is 14.0. The van der Waals surface area contributed by atoms with E-state index in [0.29, 0.717) is 6.54 Å². The van der Waals surface area contributed by atoms with Gasteiger partial charge in [0.15, 0.2) is 0 Å². The number of benzene rings is 2. The van der Waals surface area contributed by atoms with Crippen LogP contribution >= 0.6 is 23.2 Å². The predicted octanol–water partition coefficient (Wildman–Crippen LogP) is 4.63. The van der Waals surface area contributed by atoms with Crippen LogP contribution < -0.4 is 5.32 Å². The fraction of sp³-hybridized carbons (Fsp3) is 0.250. The van der Waals surface area contributed by atoms with Gasteiger partial charge >= 0.3 is 0 Å². The summed E-state index contributed by atoms with van der Waals surface area (Å²) in [5.41, 5.74) is 3.68. The Morgan fingerprint density at radius 2 is 1.63 bits per heavy atom. The highest BCUT2D eigenvalue weighted by Crippen LogP contribution is 2.23. The molecule has 3 heteroatoms. The Labute approximate surface area is 124 Å². The third kappa shape index (κ3) is 3.97. The average molecular weight is 294 g/mol.